The van der Waals surface area contributed by atoms with Gasteiger partial charge in [0.25, 0.3) is 0 Å². The zero-order chi connectivity index (χ0) is 15.4. The molecule has 6 heteroatoms. The molecule has 0 aliphatic heterocycles. The molecule has 2 rings (SSSR count). The largest absolute Gasteiger partial charge is 0.478 e. The average molecular weight is 305 g/mol. The normalized spacial score (nSPS) is 10.1. The molecule has 21 heavy (non-hydrogen) atoms. The summed E-state index contributed by atoms with van der Waals surface area (Å²) in [5.74, 6) is -1.32. The fraction of sp³-hybridized carbons (Fsp3) is 0.0667. The molecule has 0 atom stereocenters. The van der Waals surface area contributed by atoms with E-state index < -0.39 is 5.97 Å². The number of carboxylic acid groups (broad SMARTS) is 1. The van der Waals surface area contributed by atoms with E-state index in [0.717, 1.165) is 5.56 Å². The van der Waals surface area contributed by atoms with Gasteiger partial charge in [-0.3, -0.25) is 4.79 Å². The van der Waals surface area contributed by atoms with Crippen LogP contribution >= 0.6 is 11.6 Å². The van der Waals surface area contributed by atoms with E-state index in [1.807, 2.05) is 0 Å². The van der Waals surface area contributed by atoms with E-state index in [1.54, 1.807) is 24.3 Å². The SMILES string of the molecule is Nc1ccc(CC(=O)Nc2ccc(C(=O)O)cc2Cl)cc1. The fourth-order valence-electron chi connectivity index (χ4n) is 1.76. The molecule has 2 aromatic carbocycles. The summed E-state index contributed by atoms with van der Waals surface area (Å²) in [6.07, 6.45) is 0.178. The van der Waals surface area contributed by atoms with E-state index in [1.165, 1.54) is 18.2 Å². The summed E-state index contributed by atoms with van der Waals surface area (Å²) in [4.78, 5) is 22.7. The lowest BCUT2D eigenvalue weighted by Gasteiger charge is -2.08. The Labute approximate surface area is 126 Å². The zero-order valence-electron chi connectivity index (χ0n) is 11.0. The van der Waals surface area contributed by atoms with Gasteiger partial charge in [-0.05, 0) is 35.9 Å². The number of halogens is 1. The highest BCUT2D eigenvalue weighted by Crippen LogP contribution is 2.23. The van der Waals surface area contributed by atoms with Crippen LogP contribution in [0.25, 0.3) is 0 Å². The summed E-state index contributed by atoms with van der Waals surface area (Å²) < 4.78 is 0. The summed E-state index contributed by atoms with van der Waals surface area (Å²) in [6.45, 7) is 0. The Hall–Kier alpha value is -2.53. The highest BCUT2D eigenvalue weighted by molar-refractivity contribution is 6.34. The number of carbonyl (C=O) groups excluding carboxylic acids is 1. The Morgan fingerprint density at radius 3 is 2.38 bits per heavy atom. The second kappa shape index (κ2) is 6.28. The molecule has 4 N–H and O–H groups in total. The van der Waals surface area contributed by atoms with Crippen molar-refractivity contribution in [1.29, 1.82) is 0 Å². The van der Waals surface area contributed by atoms with Gasteiger partial charge in [0.1, 0.15) is 0 Å². The Balaban J connectivity index is 2.06. The van der Waals surface area contributed by atoms with Crippen molar-refractivity contribution in [3.8, 4) is 0 Å². The van der Waals surface area contributed by atoms with Crippen LogP contribution in [0.2, 0.25) is 5.02 Å². The zero-order valence-corrected chi connectivity index (χ0v) is 11.7. The van der Waals surface area contributed by atoms with Gasteiger partial charge >= 0.3 is 5.97 Å². The van der Waals surface area contributed by atoms with Crippen LogP contribution in [0.15, 0.2) is 42.5 Å². The number of hydrogen-bond donors (Lipinski definition) is 3. The first kappa shape index (κ1) is 14.9. The second-order valence-electron chi connectivity index (χ2n) is 4.47. The maximum Gasteiger partial charge on any atom is 0.335 e. The molecule has 0 saturated heterocycles. The Morgan fingerprint density at radius 1 is 1.14 bits per heavy atom. The first-order valence-electron chi connectivity index (χ1n) is 6.13. The van der Waals surface area contributed by atoms with E-state index >= 15 is 0 Å². The highest BCUT2D eigenvalue weighted by atomic mass is 35.5. The van der Waals surface area contributed by atoms with Crippen LogP contribution in [-0.2, 0) is 11.2 Å². The molecule has 2 aromatic rings. The van der Waals surface area contributed by atoms with E-state index in [0.29, 0.717) is 11.4 Å². The molecule has 0 aliphatic carbocycles. The summed E-state index contributed by atoms with van der Waals surface area (Å²) in [7, 11) is 0. The van der Waals surface area contributed by atoms with Crippen molar-refractivity contribution < 1.29 is 14.7 Å². The molecular weight excluding hydrogens is 292 g/mol. The molecular formula is C15H13ClN2O3. The molecule has 0 spiro atoms. The predicted octanol–water partition coefficient (Wildman–Crippen LogP) is 2.80. The number of nitrogens with two attached hydrogens (primary N) is 1. The van der Waals surface area contributed by atoms with Crippen molar-refractivity contribution in [2.75, 3.05) is 11.1 Å². The third-order valence-electron chi connectivity index (χ3n) is 2.83. The van der Waals surface area contributed by atoms with E-state index in [-0.39, 0.29) is 22.9 Å². The molecule has 0 saturated carbocycles. The maximum absolute atomic E-state index is 11.9. The van der Waals surface area contributed by atoms with Crippen molar-refractivity contribution in [2.24, 2.45) is 0 Å². The molecule has 0 aliphatic rings. The smallest absolute Gasteiger partial charge is 0.335 e. The molecule has 0 aromatic heterocycles. The summed E-state index contributed by atoms with van der Waals surface area (Å²) >= 11 is 5.95. The predicted molar refractivity (Wildman–Crippen MR) is 81.6 cm³/mol. The van der Waals surface area contributed by atoms with Crippen LogP contribution in [0.5, 0.6) is 0 Å². The van der Waals surface area contributed by atoms with Crippen LogP contribution in [0.4, 0.5) is 11.4 Å². The van der Waals surface area contributed by atoms with Crippen LogP contribution in [0.1, 0.15) is 15.9 Å². The number of nitrogens with one attached hydrogen (secondary N) is 1. The lowest BCUT2D eigenvalue weighted by atomic mass is 10.1. The van der Waals surface area contributed by atoms with Crippen molar-refractivity contribution in [3.05, 3.63) is 58.6 Å². The molecule has 5 nitrogen and oxygen atoms in total. The second-order valence-corrected chi connectivity index (χ2v) is 4.87. The number of hydrogen-bond acceptors (Lipinski definition) is 3. The number of amides is 1. The average Bonchev–Trinajstić information content (AvgIpc) is 2.43. The molecule has 1 amide bonds. The Morgan fingerprint density at radius 2 is 1.81 bits per heavy atom. The number of rotatable bonds is 4. The van der Waals surface area contributed by atoms with Crippen molar-refractivity contribution >= 4 is 34.9 Å². The molecule has 0 unspecified atom stereocenters. The summed E-state index contributed by atoms with van der Waals surface area (Å²) in [5.41, 5.74) is 7.47. The highest BCUT2D eigenvalue weighted by Gasteiger charge is 2.10. The lowest BCUT2D eigenvalue weighted by molar-refractivity contribution is -0.115. The number of anilines is 2. The van der Waals surface area contributed by atoms with E-state index in [2.05, 4.69) is 5.32 Å². The fourth-order valence-corrected chi connectivity index (χ4v) is 1.99. The van der Waals surface area contributed by atoms with Crippen LogP contribution in [0, 0.1) is 0 Å². The van der Waals surface area contributed by atoms with Gasteiger partial charge in [-0.15, -0.1) is 0 Å². The first-order chi connectivity index (χ1) is 9.95. The van der Waals surface area contributed by atoms with Gasteiger partial charge in [0, 0.05) is 5.69 Å². The van der Waals surface area contributed by atoms with Gasteiger partial charge in [0.15, 0.2) is 0 Å². The number of carboxylic acids is 1. The van der Waals surface area contributed by atoms with Crippen LogP contribution in [0.3, 0.4) is 0 Å². The molecule has 0 fully saturated rings. The van der Waals surface area contributed by atoms with Crippen molar-refractivity contribution in [2.45, 2.75) is 6.42 Å². The van der Waals surface area contributed by atoms with Crippen molar-refractivity contribution in [3.63, 3.8) is 0 Å². The molecule has 0 bridgehead atoms. The molecule has 108 valence electrons. The van der Waals surface area contributed by atoms with Gasteiger partial charge in [-0.25, -0.2) is 4.79 Å². The van der Waals surface area contributed by atoms with Gasteiger partial charge in [-0.2, -0.15) is 0 Å². The minimum absolute atomic E-state index is 0.0662. The topological polar surface area (TPSA) is 92.4 Å². The monoisotopic (exact) mass is 304 g/mol. The molecule has 0 heterocycles. The lowest BCUT2D eigenvalue weighted by Crippen LogP contribution is -2.15. The maximum atomic E-state index is 11.9. The standard InChI is InChI=1S/C15H13ClN2O3/c16-12-8-10(15(20)21)3-6-13(12)18-14(19)7-9-1-4-11(17)5-2-9/h1-6,8H,7,17H2,(H,18,19)(H,20,21). The third kappa shape index (κ3) is 3.97. The minimum atomic E-state index is -1.07. The first-order valence-corrected chi connectivity index (χ1v) is 6.50. The number of benzene rings is 2. The molecule has 0 radical (unpaired) electrons. The third-order valence-corrected chi connectivity index (χ3v) is 3.15. The number of aromatic carboxylic acids is 1. The van der Waals surface area contributed by atoms with Crippen LogP contribution in [-0.4, -0.2) is 17.0 Å². The van der Waals surface area contributed by atoms with Crippen LogP contribution < -0.4 is 11.1 Å². The number of nitrogen functional groups attached to an aromatic ring is 1. The van der Waals surface area contributed by atoms with Crippen molar-refractivity contribution in [1.82, 2.24) is 0 Å². The van der Waals surface area contributed by atoms with Gasteiger partial charge in [-0.1, -0.05) is 23.7 Å². The quantitative estimate of drug-likeness (QED) is 0.757. The Kier molecular flexibility index (Phi) is 4.45. The minimum Gasteiger partial charge on any atom is -0.478 e. The van der Waals surface area contributed by atoms with Gasteiger partial charge < -0.3 is 16.2 Å². The summed E-state index contributed by atoms with van der Waals surface area (Å²) in [5, 5.41) is 11.7. The van der Waals surface area contributed by atoms with E-state index in [9.17, 15) is 9.59 Å². The van der Waals surface area contributed by atoms with Gasteiger partial charge in [0.2, 0.25) is 5.91 Å². The summed E-state index contributed by atoms with van der Waals surface area (Å²) in [6, 6.07) is 11.1. The van der Waals surface area contributed by atoms with Gasteiger partial charge in [0.05, 0.1) is 22.7 Å². The van der Waals surface area contributed by atoms with E-state index in [4.69, 9.17) is 22.4 Å². The number of carbonyl (C=O) groups is 2. The Bertz CT molecular complexity index is 684.